The molecule has 11 heteroatoms. The minimum atomic E-state index is -5.43. The van der Waals surface area contributed by atoms with Gasteiger partial charge in [-0.15, -0.1) is 0 Å². The van der Waals surface area contributed by atoms with Gasteiger partial charge in [-0.25, -0.2) is 0 Å². The van der Waals surface area contributed by atoms with Gasteiger partial charge in [0.15, 0.2) is 0 Å². The summed E-state index contributed by atoms with van der Waals surface area (Å²) in [5, 5.41) is 9.81. The van der Waals surface area contributed by atoms with Crippen molar-refractivity contribution in [3.8, 4) is 0 Å². The van der Waals surface area contributed by atoms with E-state index in [2.05, 4.69) is 7.06 Å². The average molecular weight is 470 g/mol. The molecule has 0 amide bonds. The van der Waals surface area contributed by atoms with Crippen molar-refractivity contribution in [3.63, 3.8) is 0 Å². The van der Waals surface area contributed by atoms with Crippen molar-refractivity contribution >= 4 is 26.3 Å². The Labute approximate surface area is 141 Å². The molecule has 24 heavy (non-hydrogen) atoms. The van der Waals surface area contributed by atoms with Crippen molar-refractivity contribution in [2.45, 2.75) is 41.1 Å². The van der Waals surface area contributed by atoms with Crippen LogP contribution in [-0.4, -0.2) is 39.1 Å². The average Bonchev–Trinajstić information content (AvgIpc) is 3.26. The first-order chi connectivity index (χ1) is 10.9. The van der Waals surface area contributed by atoms with Crippen molar-refractivity contribution in [1.29, 1.82) is 0 Å². The summed E-state index contributed by atoms with van der Waals surface area (Å²) < 4.78 is 78.4. The summed E-state index contributed by atoms with van der Waals surface area (Å²) in [7, 11) is 0. The summed E-state index contributed by atoms with van der Waals surface area (Å²) in [6.07, 6.45) is -6.03. The summed E-state index contributed by atoms with van der Waals surface area (Å²) in [5.74, 6) is -9.33. The molecule has 2 saturated carbocycles. The number of halogens is 6. The third-order valence-electron chi connectivity index (χ3n) is 5.77. The van der Waals surface area contributed by atoms with E-state index >= 15 is 0 Å². The number of rotatable bonds is 4. The van der Waals surface area contributed by atoms with Crippen molar-refractivity contribution in [2.75, 3.05) is 6.61 Å². The third-order valence-corrected chi connectivity index (χ3v) is 10.6. The monoisotopic (exact) mass is 470 g/mol. The number of alkyl halides is 6. The molecule has 2 aliphatic carbocycles. The molecule has 0 radical (unpaired) electrons. The van der Waals surface area contributed by atoms with Gasteiger partial charge in [-0.2, -0.15) is 0 Å². The van der Waals surface area contributed by atoms with E-state index in [1.165, 1.54) is 0 Å². The second-order valence-corrected chi connectivity index (χ2v) is 11.4. The first-order valence-corrected chi connectivity index (χ1v) is 10.8. The SMILES string of the molecule is CC(C(=O)OCC1CC2CC1C(O)(C(F)(F)F)C2(F)F)C12NI1N2. The van der Waals surface area contributed by atoms with Crippen LogP contribution in [0.1, 0.15) is 19.8 Å². The molecule has 4 aliphatic rings. The number of hydrogen-bond acceptors (Lipinski definition) is 5. The molecule has 4 fully saturated rings. The van der Waals surface area contributed by atoms with Gasteiger partial charge in [0.25, 0.3) is 0 Å². The Morgan fingerprint density at radius 3 is 2.42 bits per heavy atom. The minimum absolute atomic E-state index is 0.183. The van der Waals surface area contributed by atoms with Gasteiger partial charge in [-0.3, -0.25) is 0 Å². The van der Waals surface area contributed by atoms with Gasteiger partial charge in [-0.1, -0.05) is 0 Å². The van der Waals surface area contributed by atoms with E-state index < -0.39 is 74.1 Å². The second kappa shape index (κ2) is 4.71. The topological polar surface area (TPSA) is 90.4 Å². The Morgan fingerprint density at radius 1 is 1.38 bits per heavy atom. The molecule has 0 aromatic rings. The van der Waals surface area contributed by atoms with Gasteiger partial charge in [0.05, 0.1) is 0 Å². The quantitative estimate of drug-likeness (QED) is 0.111. The van der Waals surface area contributed by atoms with Crippen LogP contribution in [0.4, 0.5) is 22.0 Å². The van der Waals surface area contributed by atoms with Gasteiger partial charge in [0.2, 0.25) is 0 Å². The standard InChI is InChI=1S/C13H16F5IN2O3/c1-5(12-19(20-12)21-12)9(22)24-4-6-2-7-3-8(6)10(23,11(7,14)15)13(16,17)18/h5-8,20-21,23H,2-4H2,1H3. The molecule has 4 rings (SSSR count). The Hall–Kier alpha value is -0.270. The molecule has 2 aliphatic heterocycles. The van der Waals surface area contributed by atoms with Gasteiger partial charge < -0.3 is 0 Å². The first-order valence-electron chi connectivity index (χ1n) is 7.54. The summed E-state index contributed by atoms with van der Waals surface area (Å²) in [5.41, 5.74) is -4.04. The number of ether oxygens (including phenoxy) is 1. The predicted octanol–water partition coefficient (Wildman–Crippen LogP) is 1.95. The van der Waals surface area contributed by atoms with Crippen molar-refractivity contribution in [2.24, 2.45) is 23.7 Å². The molecule has 2 saturated heterocycles. The normalized spacial score (nSPS) is 43.3. The zero-order chi connectivity index (χ0) is 17.7. The molecule has 2 bridgehead atoms. The van der Waals surface area contributed by atoms with Gasteiger partial charge in [0.1, 0.15) is 0 Å². The Balaban J connectivity index is 1.44. The van der Waals surface area contributed by atoms with Crippen LogP contribution in [0.2, 0.25) is 0 Å². The van der Waals surface area contributed by atoms with Crippen LogP contribution in [0.5, 0.6) is 0 Å². The first kappa shape index (κ1) is 17.2. The van der Waals surface area contributed by atoms with Crippen molar-refractivity contribution in [3.05, 3.63) is 0 Å². The molecular weight excluding hydrogens is 454 g/mol. The van der Waals surface area contributed by atoms with E-state index in [1.807, 2.05) is 0 Å². The van der Waals surface area contributed by atoms with E-state index in [4.69, 9.17) is 4.74 Å². The second-order valence-electron chi connectivity index (χ2n) is 6.96. The number of carbonyl (C=O) groups is 1. The Bertz CT molecular complexity index is 597. The Morgan fingerprint density at radius 2 is 1.96 bits per heavy atom. The molecule has 5 atom stereocenters. The van der Waals surface area contributed by atoms with Crippen LogP contribution in [0, 0.1) is 23.7 Å². The molecule has 0 spiro atoms. The predicted molar refractivity (Wildman–Crippen MR) is 78.8 cm³/mol. The van der Waals surface area contributed by atoms with Crippen LogP contribution in [0.25, 0.3) is 0 Å². The molecular formula is C13H16F5IN2O3. The molecule has 2 heterocycles. The van der Waals surface area contributed by atoms with Gasteiger partial charge >= 0.3 is 141 Å². The zero-order valence-electron chi connectivity index (χ0n) is 12.5. The molecule has 5 unspecified atom stereocenters. The summed E-state index contributed by atoms with van der Waals surface area (Å²) in [4.78, 5) is 12.0. The molecule has 5 nitrogen and oxygen atoms in total. The summed E-state index contributed by atoms with van der Waals surface area (Å²) >= 11 is -1.35. The number of nitrogens with one attached hydrogen (secondary N) is 2. The number of fused-ring (bicyclic) bond motifs is 3. The van der Waals surface area contributed by atoms with Crippen molar-refractivity contribution in [1.82, 2.24) is 7.06 Å². The van der Waals surface area contributed by atoms with Crippen LogP contribution >= 0.6 is 20.4 Å². The number of aliphatic hydroxyl groups is 1. The van der Waals surface area contributed by atoms with E-state index in [0.717, 1.165) is 0 Å². The maximum absolute atomic E-state index is 14.0. The summed E-state index contributed by atoms with van der Waals surface area (Å²) in [6.45, 7) is 1.29. The number of carbonyl (C=O) groups excluding carboxylic acids is 1. The number of esters is 1. The van der Waals surface area contributed by atoms with Gasteiger partial charge in [-0.05, 0) is 0 Å². The van der Waals surface area contributed by atoms with E-state index in [-0.39, 0.29) is 16.7 Å². The summed E-state index contributed by atoms with van der Waals surface area (Å²) in [6, 6.07) is 0. The molecule has 138 valence electrons. The van der Waals surface area contributed by atoms with Gasteiger partial charge in [0, 0.05) is 0 Å². The van der Waals surface area contributed by atoms with E-state index in [1.54, 1.807) is 6.92 Å². The third kappa shape index (κ3) is 1.98. The molecule has 0 aromatic carbocycles. The van der Waals surface area contributed by atoms with E-state index in [0.29, 0.717) is 0 Å². The molecule has 0 aromatic heterocycles. The fourth-order valence-corrected chi connectivity index (χ4v) is 8.97. The van der Waals surface area contributed by atoms with E-state index in [9.17, 15) is 31.9 Å². The fraction of sp³-hybridized carbons (Fsp3) is 0.923. The number of hydrogen-bond donors (Lipinski definition) is 3. The van der Waals surface area contributed by atoms with Crippen LogP contribution in [0.15, 0.2) is 0 Å². The fourth-order valence-electron chi connectivity index (χ4n) is 4.12. The van der Waals surface area contributed by atoms with Crippen molar-refractivity contribution < 1.29 is 36.6 Å². The molecule has 3 N–H and O–H groups in total. The van der Waals surface area contributed by atoms with Crippen LogP contribution in [-0.2, 0) is 9.53 Å². The zero-order valence-corrected chi connectivity index (χ0v) is 14.6. The Kier molecular flexibility index (Phi) is 3.37. The maximum atomic E-state index is 14.0. The van der Waals surface area contributed by atoms with Crippen LogP contribution in [0.3, 0.4) is 0 Å². The van der Waals surface area contributed by atoms with Crippen LogP contribution < -0.4 is 7.06 Å².